The van der Waals surface area contributed by atoms with Gasteiger partial charge >= 0.3 is 0 Å². The van der Waals surface area contributed by atoms with Gasteiger partial charge in [0, 0.05) is 0 Å². The summed E-state index contributed by atoms with van der Waals surface area (Å²) in [6, 6.07) is 0. The Hall–Kier alpha value is -0.260. The fraction of sp³-hybridized carbons (Fsp3) is 0.846. The van der Waals surface area contributed by atoms with Crippen LogP contribution in [-0.4, -0.2) is 0 Å². The van der Waals surface area contributed by atoms with E-state index >= 15 is 0 Å². The van der Waals surface area contributed by atoms with Gasteiger partial charge in [0.1, 0.15) is 0 Å². The van der Waals surface area contributed by atoms with Crippen molar-refractivity contribution >= 4 is 0 Å². The molecule has 0 bridgehead atoms. The molecule has 0 saturated heterocycles. The highest BCUT2D eigenvalue weighted by Crippen LogP contribution is 2.43. The second-order valence-electron chi connectivity index (χ2n) is 5.17. The number of allylic oxidation sites excluding steroid dienone is 2. The van der Waals surface area contributed by atoms with E-state index in [2.05, 4.69) is 26.0 Å². The zero-order chi connectivity index (χ0) is 9.26. The maximum Gasteiger partial charge on any atom is -0.0202 e. The van der Waals surface area contributed by atoms with E-state index in [0.717, 1.165) is 23.7 Å². The smallest absolute Gasteiger partial charge is 0.0202 e. The molecule has 2 rings (SSSR count). The molecule has 2 aliphatic rings. The van der Waals surface area contributed by atoms with E-state index in [1.807, 2.05) is 0 Å². The van der Waals surface area contributed by atoms with Crippen LogP contribution >= 0.6 is 0 Å². The summed E-state index contributed by atoms with van der Waals surface area (Å²) in [6.07, 6.45) is 12.1. The van der Waals surface area contributed by atoms with E-state index in [4.69, 9.17) is 0 Å². The van der Waals surface area contributed by atoms with Crippen LogP contribution in [-0.2, 0) is 0 Å². The molecule has 0 heterocycles. The molecule has 3 unspecified atom stereocenters. The zero-order valence-electron chi connectivity index (χ0n) is 9.00. The molecule has 0 aromatic carbocycles. The number of hydrogen-bond donors (Lipinski definition) is 0. The van der Waals surface area contributed by atoms with Crippen LogP contribution in [0.3, 0.4) is 0 Å². The second-order valence-corrected chi connectivity index (χ2v) is 5.17. The van der Waals surface area contributed by atoms with E-state index in [1.165, 1.54) is 32.1 Å². The van der Waals surface area contributed by atoms with Crippen molar-refractivity contribution in [3.63, 3.8) is 0 Å². The van der Waals surface area contributed by atoms with E-state index in [1.54, 1.807) is 0 Å². The van der Waals surface area contributed by atoms with Crippen LogP contribution in [0.5, 0.6) is 0 Å². The lowest BCUT2D eigenvalue weighted by molar-refractivity contribution is 0.125. The van der Waals surface area contributed by atoms with Gasteiger partial charge in [0.2, 0.25) is 0 Å². The normalized spacial score (nSPS) is 39.2. The van der Waals surface area contributed by atoms with Gasteiger partial charge in [-0.15, -0.1) is 0 Å². The molecule has 1 saturated carbocycles. The van der Waals surface area contributed by atoms with E-state index in [9.17, 15) is 0 Å². The van der Waals surface area contributed by atoms with E-state index in [-0.39, 0.29) is 0 Å². The fourth-order valence-electron chi connectivity index (χ4n) is 3.39. The summed E-state index contributed by atoms with van der Waals surface area (Å²) in [5.74, 6) is 3.89. The predicted molar refractivity (Wildman–Crippen MR) is 57.5 cm³/mol. The number of rotatable bonds is 1. The summed E-state index contributed by atoms with van der Waals surface area (Å²) in [4.78, 5) is 0. The number of hydrogen-bond acceptors (Lipinski definition) is 0. The molecule has 0 heteroatoms. The Bertz CT molecular complexity index is 190. The van der Waals surface area contributed by atoms with Gasteiger partial charge < -0.3 is 0 Å². The minimum absolute atomic E-state index is 0.902. The van der Waals surface area contributed by atoms with E-state index < -0.39 is 0 Å². The van der Waals surface area contributed by atoms with E-state index in [0.29, 0.717) is 0 Å². The summed E-state index contributed by atoms with van der Waals surface area (Å²) >= 11 is 0. The van der Waals surface area contributed by atoms with Crippen molar-refractivity contribution < 1.29 is 0 Å². The van der Waals surface area contributed by atoms with Gasteiger partial charge in [0.25, 0.3) is 0 Å². The second kappa shape index (κ2) is 3.86. The Morgan fingerprint density at radius 2 is 2.00 bits per heavy atom. The van der Waals surface area contributed by atoms with Crippen molar-refractivity contribution in [1.29, 1.82) is 0 Å². The lowest BCUT2D eigenvalue weighted by Crippen LogP contribution is -2.31. The van der Waals surface area contributed by atoms with Crippen molar-refractivity contribution in [3.05, 3.63) is 12.2 Å². The Balaban J connectivity index is 2.09. The average Bonchev–Trinajstić information content (AvgIpc) is 2.17. The summed E-state index contributed by atoms with van der Waals surface area (Å²) in [5, 5.41) is 0. The van der Waals surface area contributed by atoms with Crippen LogP contribution < -0.4 is 0 Å². The molecule has 74 valence electrons. The quantitative estimate of drug-likeness (QED) is 0.532. The van der Waals surface area contributed by atoms with Crippen LogP contribution in [0.1, 0.15) is 46.0 Å². The molecular weight excluding hydrogens is 156 g/mol. The molecule has 0 aromatic heterocycles. The summed E-state index contributed by atoms with van der Waals surface area (Å²) in [5.41, 5.74) is 0. The molecule has 0 amide bonds. The van der Waals surface area contributed by atoms with Crippen molar-refractivity contribution in [2.45, 2.75) is 46.0 Å². The lowest BCUT2D eigenvalue weighted by Gasteiger charge is -2.41. The molecule has 0 aliphatic heterocycles. The zero-order valence-corrected chi connectivity index (χ0v) is 9.00. The standard InChI is InChI=1S/C13H22/c1-10(2)12-9-5-7-11-6-3-4-8-13(11)12/h3,6,10-13H,4-5,7-9H2,1-2H3. The van der Waals surface area contributed by atoms with Crippen LogP contribution in [0.4, 0.5) is 0 Å². The number of fused-ring (bicyclic) bond motifs is 1. The third kappa shape index (κ3) is 1.82. The maximum atomic E-state index is 2.50. The van der Waals surface area contributed by atoms with Gasteiger partial charge in [-0.3, -0.25) is 0 Å². The molecule has 0 spiro atoms. The SMILES string of the molecule is CC(C)C1CCCC2C=CCCC21. The monoisotopic (exact) mass is 178 g/mol. The first-order valence-electron chi connectivity index (χ1n) is 5.95. The van der Waals surface area contributed by atoms with Gasteiger partial charge in [-0.05, 0) is 49.4 Å². The maximum absolute atomic E-state index is 2.50. The molecule has 13 heavy (non-hydrogen) atoms. The van der Waals surface area contributed by atoms with Gasteiger partial charge in [-0.2, -0.15) is 0 Å². The fourth-order valence-corrected chi connectivity index (χ4v) is 3.39. The van der Waals surface area contributed by atoms with Gasteiger partial charge in [-0.25, -0.2) is 0 Å². The third-order valence-electron chi connectivity index (χ3n) is 4.08. The van der Waals surface area contributed by atoms with Crippen molar-refractivity contribution in [2.75, 3.05) is 0 Å². The van der Waals surface area contributed by atoms with Gasteiger partial charge in [-0.1, -0.05) is 32.4 Å². The molecule has 0 nitrogen and oxygen atoms in total. The Labute approximate surface area is 82.4 Å². The average molecular weight is 178 g/mol. The lowest BCUT2D eigenvalue weighted by atomic mass is 9.65. The van der Waals surface area contributed by atoms with Gasteiger partial charge in [0.05, 0.1) is 0 Å². The minimum atomic E-state index is 0.902. The van der Waals surface area contributed by atoms with Crippen molar-refractivity contribution in [2.24, 2.45) is 23.7 Å². The third-order valence-corrected chi connectivity index (χ3v) is 4.08. The summed E-state index contributed by atoms with van der Waals surface area (Å²) in [6.45, 7) is 4.82. The Morgan fingerprint density at radius 1 is 1.15 bits per heavy atom. The highest BCUT2D eigenvalue weighted by atomic mass is 14.4. The van der Waals surface area contributed by atoms with Crippen molar-refractivity contribution in [1.82, 2.24) is 0 Å². The first-order valence-corrected chi connectivity index (χ1v) is 5.95. The van der Waals surface area contributed by atoms with Crippen LogP contribution in [0, 0.1) is 23.7 Å². The minimum Gasteiger partial charge on any atom is -0.0882 e. The molecule has 0 radical (unpaired) electrons. The van der Waals surface area contributed by atoms with Crippen molar-refractivity contribution in [3.8, 4) is 0 Å². The highest BCUT2D eigenvalue weighted by Gasteiger charge is 2.33. The molecule has 2 aliphatic carbocycles. The molecular formula is C13H22. The van der Waals surface area contributed by atoms with Crippen LogP contribution in [0.25, 0.3) is 0 Å². The highest BCUT2D eigenvalue weighted by molar-refractivity contribution is 5.01. The summed E-state index contributed by atoms with van der Waals surface area (Å²) in [7, 11) is 0. The van der Waals surface area contributed by atoms with Crippen LogP contribution in [0.2, 0.25) is 0 Å². The molecule has 1 fully saturated rings. The Kier molecular flexibility index (Phi) is 2.76. The Morgan fingerprint density at radius 3 is 2.77 bits per heavy atom. The molecule has 3 atom stereocenters. The van der Waals surface area contributed by atoms with Gasteiger partial charge in [0.15, 0.2) is 0 Å². The first kappa shape index (κ1) is 9.30. The largest absolute Gasteiger partial charge is 0.0882 e. The van der Waals surface area contributed by atoms with Crippen LogP contribution in [0.15, 0.2) is 12.2 Å². The predicted octanol–water partition coefficient (Wildman–Crippen LogP) is 4.02. The topological polar surface area (TPSA) is 0 Å². The molecule has 0 aromatic rings. The first-order chi connectivity index (χ1) is 6.29. The summed E-state index contributed by atoms with van der Waals surface area (Å²) < 4.78 is 0. The molecule has 0 N–H and O–H groups in total.